The van der Waals surface area contributed by atoms with Crippen molar-refractivity contribution in [3.05, 3.63) is 17.3 Å². The SMILES string of the molecule is CCCc1nc2c(o1)CC(N)CC2. The van der Waals surface area contributed by atoms with Crippen LogP contribution in [0.25, 0.3) is 0 Å². The number of rotatable bonds is 2. The van der Waals surface area contributed by atoms with Crippen molar-refractivity contribution in [2.24, 2.45) is 5.73 Å². The molecule has 0 spiro atoms. The first kappa shape index (κ1) is 8.75. The van der Waals surface area contributed by atoms with Gasteiger partial charge in [-0.15, -0.1) is 0 Å². The topological polar surface area (TPSA) is 52.0 Å². The van der Waals surface area contributed by atoms with Gasteiger partial charge in [0.2, 0.25) is 0 Å². The lowest BCUT2D eigenvalue weighted by Gasteiger charge is -2.14. The summed E-state index contributed by atoms with van der Waals surface area (Å²) >= 11 is 0. The van der Waals surface area contributed by atoms with Gasteiger partial charge < -0.3 is 10.2 Å². The number of aromatic nitrogens is 1. The standard InChI is InChI=1S/C10H16N2O/c1-2-3-10-12-8-5-4-7(11)6-9(8)13-10/h7H,2-6,11H2,1H3. The third-order valence-corrected chi connectivity index (χ3v) is 2.49. The maximum atomic E-state index is 5.85. The predicted molar refractivity (Wildman–Crippen MR) is 50.5 cm³/mol. The maximum absolute atomic E-state index is 5.85. The van der Waals surface area contributed by atoms with Crippen LogP contribution in [0.4, 0.5) is 0 Å². The van der Waals surface area contributed by atoms with E-state index in [1.807, 2.05) is 0 Å². The van der Waals surface area contributed by atoms with Gasteiger partial charge in [-0.2, -0.15) is 0 Å². The molecule has 1 aromatic heterocycles. The molecule has 0 aromatic carbocycles. The average Bonchev–Trinajstić information content (AvgIpc) is 2.46. The predicted octanol–water partition coefficient (Wildman–Crippen LogP) is 1.44. The Kier molecular flexibility index (Phi) is 2.36. The van der Waals surface area contributed by atoms with E-state index in [9.17, 15) is 0 Å². The van der Waals surface area contributed by atoms with E-state index in [4.69, 9.17) is 10.2 Å². The number of hydrogen-bond acceptors (Lipinski definition) is 3. The highest BCUT2D eigenvalue weighted by molar-refractivity contribution is 5.15. The highest BCUT2D eigenvalue weighted by Gasteiger charge is 2.21. The first-order chi connectivity index (χ1) is 6.29. The molecule has 72 valence electrons. The third-order valence-electron chi connectivity index (χ3n) is 2.49. The fraction of sp³-hybridized carbons (Fsp3) is 0.700. The summed E-state index contributed by atoms with van der Waals surface area (Å²) < 4.78 is 5.63. The van der Waals surface area contributed by atoms with Crippen molar-refractivity contribution < 1.29 is 4.42 Å². The highest BCUT2D eigenvalue weighted by atomic mass is 16.4. The fourth-order valence-corrected chi connectivity index (χ4v) is 1.77. The normalized spacial score (nSPS) is 21.5. The largest absolute Gasteiger partial charge is 0.445 e. The smallest absolute Gasteiger partial charge is 0.194 e. The van der Waals surface area contributed by atoms with Crippen LogP contribution in [0.2, 0.25) is 0 Å². The summed E-state index contributed by atoms with van der Waals surface area (Å²) in [6, 6.07) is 0.273. The second-order valence-electron chi connectivity index (χ2n) is 3.73. The molecule has 1 unspecified atom stereocenters. The molecule has 1 atom stereocenters. The lowest BCUT2D eigenvalue weighted by molar-refractivity contribution is 0.420. The molecule has 0 saturated carbocycles. The minimum atomic E-state index is 0.273. The minimum Gasteiger partial charge on any atom is -0.445 e. The molecule has 1 heterocycles. The molecular weight excluding hydrogens is 164 g/mol. The molecule has 3 nitrogen and oxygen atoms in total. The fourth-order valence-electron chi connectivity index (χ4n) is 1.77. The summed E-state index contributed by atoms with van der Waals surface area (Å²) in [6.07, 6.45) is 4.94. The third kappa shape index (κ3) is 1.75. The Hall–Kier alpha value is -0.830. The van der Waals surface area contributed by atoms with Crippen molar-refractivity contribution in [3.8, 4) is 0 Å². The Morgan fingerprint density at radius 2 is 2.46 bits per heavy atom. The van der Waals surface area contributed by atoms with E-state index in [1.165, 1.54) is 0 Å². The molecule has 1 aliphatic rings. The summed E-state index contributed by atoms with van der Waals surface area (Å²) in [7, 11) is 0. The van der Waals surface area contributed by atoms with Crippen molar-refractivity contribution in [1.29, 1.82) is 0 Å². The van der Waals surface area contributed by atoms with E-state index in [0.29, 0.717) is 0 Å². The summed E-state index contributed by atoms with van der Waals surface area (Å²) in [6.45, 7) is 2.13. The molecule has 0 amide bonds. The van der Waals surface area contributed by atoms with Crippen molar-refractivity contribution in [2.75, 3.05) is 0 Å². The van der Waals surface area contributed by atoms with Gasteiger partial charge in [0.1, 0.15) is 5.76 Å². The summed E-state index contributed by atoms with van der Waals surface area (Å²) in [5.41, 5.74) is 6.99. The van der Waals surface area contributed by atoms with E-state index in [-0.39, 0.29) is 6.04 Å². The van der Waals surface area contributed by atoms with Crippen molar-refractivity contribution in [2.45, 2.75) is 45.1 Å². The second kappa shape index (κ2) is 3.50. The molecule has 0 saturated heterocycles. The Morgan fingerprint density at radius 3 is 3.23 bits per heavy atom. The van der Waals surface area contributed by atoms with Gasteiger partial charge in [0, 0.05) is 18.9 Å². The zero-order valence-electron chi connectivity index (χ0n) is 8.05. The molecule has 2 N–H and O–H groups in total. The highest BCUT2D eigenvalue weighted by Crippen LogP contribution is 2.21. The van der Waals surface area contributed by atoms with Gasteiger partial charge in [0.05, 0.1) is 5.69 Å². The van der Waals surface area contributed by atoms with Gasteiger partial charge >= 0.3 is 0 Å². The first-order valence-corrected chi connectivity index (χ1v) is 5.02. The van der Waals surface area contributed by atoms with Gasteiger partial charge in [0.15, 0.2) is 5.89 Å². The molecule has 0 radical (unpaired) electrons. The maximum Gasteiger partial charge on any atom is 0.194 e. The van der Waals surface area contributed by atoms with Crippen LogP contribution in [-0.4, -0.2) is 11.0 Å². The second-order valence-corrected chi connectivity index (χ2v) is 3.73. The van der Waals surface area contributed by atoms with Crippen LogP contribution < -0.4 is 5.73 Å². The molecule has 1 aliphatic carbocycles. The number of hydrogen-bond donors (Lipinski definition) is 1. The van der Waals surface area contributed by atoms with Gasteiger partial charge in [0.25, 0.3) is 0 Å². The molecule has 0 fully saturated rings. The molecular formula is C10H16N2O. The lowest BCUT2D eigenvalue weighted by atomic mass is 9.98. The van der Waals surface area contributed by atoms with Crippen LogP contribution in [0.1, 0.15) is 37.1 Å². The quantitative estimate of drug-likeness (QED) is 0.749. The molecule has 1 aromatic rings. The van der Waals surface area contributed by atoms with Crippen LogP contribution in [-0.2, 0) is 19.3 Å². The number of oxazole rings is 1. The Labute approximate surface area is 78.3 Å². The first-order valence-electron chi connectivity index (χ1n) is 5.02. The Balaban J connectivity index is 2.18. The summed E-state index contributed by atoms with van der Waals surface area (Å²) in [5, 5.41) is 0. The molecule has 2 rings (SSSR count). The lowest BCUT2D eigenvalue weighted by Crippen LogP contribution is -2.27. The zero-order valence-corrected chi connectivity index (χ0v) is 8.05. The number of nitrogens with two attached hydrogens (primary N) is 1. The van der Waals surface area contributed by atoms with Gasteiger partial charge in [-0.3, -0.25) is 0 Å². The van der Waals surface area contributed by atoms with Gasteiger partial charge in [-0.1, -0.05) is 6.92 Å². The van der Waals surface area contributed by atoms with Crippen molar-refractivity contribution >= 4 is 0 Å². The van der Waals surface area contributed by atoms with Gasteiger partial charge in [-0.05, 0) is 19.3 Å². The van der Waals surface area contributed by atoms with E-state index >= 15 is 0 Å². The molecule has 13 heavy (non-hydrogen) atoms. The number of fused-ring (bicyclic) bond motifs is 1. The average molecular weight is 180 g/mol. The van der Waals surface area contributed by atoms with Crippen molar-refractivity contribution in [3.63, 3.8) is 0 Å². The monoisotopic (exact) mass is 180 g/mol. The molecule has 0 aliphatic heterocycles. The van der Waals surface area contributed by atoms with E-state index in [1.54, 1.807) is 0 Å². The number of aryl methyl sites for hydroxylation is 2. The summed E-state index contributed by atoms with van der Waals surface area (Å²) in [4.78, 5) is 4.45. The van der Waals surface area contributed by atoms with Crippen LogP contribution in [0, 0.1) is 0 Å². The summed E-state index contributed by atoms with van der Waals surface area (Å²) in [5.74, 6) is 1.92. The number of nitrogens with zero attached hydrogens (tertiary/aromatic N) is 1. The van der Waals surface area contributed by atoms with Crippen LogP contribution >= 0.6 is 0 Å². The Bertz CT molecular complexity index is 293. The van der Waals surface area contributed by atoms with E-state index < -0.39 is 0 Å². The van der Waals surface area contributed by atoms with Crippen LogP contribution in [0.3, 0.4) is 0 Å². The van der Waals surface area contributed by atoms with Gasteiger partial charge in [-0.25, -0.2) is 4.98 Å². The van der Waals surface area contributed by atoms with E-state index in [0.717, 1.165) is 49.4 Å². The van der Waals surface area contributed by atoms with E-state index in [2.05, 4.69) is 11.9 Å². The zero-order chi connectivity index (χ0) is 9.26. The Morgan fingerprint density at radius 1 is 1.62 bits per heavy atom. The minimum absolute atomic E-state index is 0.273. The van der Waals surface area contributed by atoms with Crippen LogP contribution in [0.15, 0.2) is 4.42 Å². The van der Waals surface area contributed by atoms with Crippen LogP contribution in [0.5, 0.6) is 0 Å². The molecule has 3 heteroatoms. The molecule has 0 bridgehead atoms. The van der Waals surface area contributed by atoms with Crippen molar-refractivity contribution in [1.82, 2.24) is 4.98 Å².